The fraction of sp³-hybridized carbons (Fsp3) is 0.700. The topological polar surface area (TPSA) is 93.4 Å². The van der Waals surface area contributed by atoms with Gasteiger partial charge in [-0.1, -0.05) is 23.8 Å². The van der Waals surface area contributed by atoms with Crippen LogP contribution in [-0.4, -0.2) is 54.3 Å². The molecule has 0 aromatic rings. The van der Waals surface area contributed by atoms with E-state index in [1.165, 1.54) is 5.57 Å². The molecule has 0 aromatic heterocycles. The Bertz CT molecular complexity index is 589. The molecule has 1 amide bonds. The minimum atomic E-state index is -0.691. The second-order valence-corrected chi connectivity index (χ2v) is 8.86. The lowest BCUT2D eigenvalue weighted by molar-refractivity contribution is -0.147. The predicted molar refractivity (Wildman–Crippen MR) is 122 cm³/mol. The van der Waals surface area contributed by atoms with E-state index >= 15 is 0 Å². The molecule has 0 spiro atoms. The van der Waals surface area contributed by atoms with Crippen LogP contribution >= 0.6 is 35.0 Å². The van der Waals surface area contributed by atoms with Gasteiger partial charge < -0.3 is 10.1 Å². The van der Waals surface area contributed by atoms with Gasteiger partial charge >= 0.3 is 5.97 Å². The van der Waals surface area contributed by atoms with E-state index in [9.17, 15) is 9.59 Å². The lowest BCUT2D eigenvalue weighted by atomic mass is 9.71. The molecule has 1 aliphatic carbocycles. The van der Waals surface area contributed by atoms with E-state index in [-0.39, 0.29) is 17.9 Å². The van der Waals surface area contributed by atoms with Crippen LogP contribution in [0, 0.1) is 5.41 Å². The first-order valence-electron chi connectivity index (χ1n) is 9.86. The molecule has 0 saturated carbocycles. The van der Waals surface area contributed by atoms with Gasteiger partial charge in [-0.15, -0.1) is 23.2 Å². The van der Waals surface area contributed by atoms with Gasteiger partial charge in [0.1, 0.15) is 12.1 Å². The molecule has 29 heavy (non-hydrogen) atoms. The van der Waals surface area contributed by atoms with Crippen molar-refractivity contribution in [3.05, 3.63) is 23.8 Å². The maximum atomic E-state index is 12.9. The van der Waals surface area contributed by atoms with Gasteiger partial charge in [0.25, 0.3) is 0 Å². The standard InChI is InChI=1S/C20H33Cl2N3O3S/c1-3-28-19(27)16(7-12-29-2)24-18(26)17(25-23)14-20(9-11-22)8-4-5-15(13-20)6-10-21/h4-5,8,16-17,25H,3,6-7,9-14,23H2,1-2H3,(H,24,26)/t16-,17-,20?/m0/s1. The Labute approximate surface area is 188 Å². The lowest BCUT2D eigenvalue weighted by Crippen LogP contribution is -2.54. The Hall–Kier alpha value is -0.730. The van der Waals surface area contributed by atoms with Crippen molar-refractivity contribution in [2.24, 2.45) is 11.3 Å². The molecule has 6 nitrogen and oxygen atoms in total. The summed E-state index contributed by atoms with van der Waals surface area (Å²) in [6.45, 7) is 2.01. The highest BCUT2D eigenvalue weighted by atomic mass is 35.5. The number of thioether (sulfide) groups is 1. The number of nitrogens with two attached hydrogens (primary N) is 1. The van der Waals surface area contributed by atoms with E-state index in [1.807, 2.05) is 12.3 Å². The average molecular weight is 466 g/mol. The molecule has 3 atom stereocenters. The number of carbonyl (C=O) groups excluding carboxylic acids is 2. The highest BCUT2D eigenvalue weighted by molar-refractivity contribution is 7.98. The summed E-state index contributed by atoms with van der Waals surface area (Å²) in [6.07, 6.45) is 11.4. The van der Waals surface area contributed by atoms with Gasteiger partial charge in [-0.2, -0.15) is 11.8 Å². The Morgan fingerprint density at radius 2 is 2.10 bits per heavy atom. The van der Waals surface area contributed by atoms with Gasteiger partial charge in [-0.05, 0) is 56.5 Å². The molecule has 9 heteroatoms. The van der Waals surface area contributed by atoms with Gasteiger partial charge in [0.05, 0.1) is 6.61 Å². The number of carbonyl (C=O) groups is 2. The zero-order valence-corrected chi connectivity index (χ0v) is 19.5. The van der Waals surface area contributed by atoms with Crippen molar-refractivity contribution in [2.75, 3.05) is 30.4 Å². The Balaban J connectivity index is 2.89. The predicted octanol–water partition coefficient (Wildman–Crippen LogP) is 3.14. The number of rotatable bonds is 14. The van der Waals surface area contributed by atoms with Crippen LogP contribution in [0.2, 0.25) is 0 Å². The van der Waals surface area contributed by atoms with Crippen LogP contribution in [0.25, 0.3) is 0 Å². The van der Waals surface area contributed by atoms with Gasteiger partial charge in [-0.3, -0.25) is 10.6 Å². The maximum absolute atomic E-state index is 12.9. The van der Waals surface area contributed by atoms with Crippen LogP contribution < -0.4 is 16.6 Å². The van der Waals surface area contributed by atoms with Crippen LogP contribution in [-0.2, 0) is 14.3 Å². The first kappa shape index (κ1) is 26.3. The number of hydrogen-bond acceptors (Lipinski definition) is 6. The molecule has 0 fully saturated rings. The van der Waals surface area contributed by atoms with Crippen molar-refractivity contribution < 1.29 is 14.3 Å². The Kier molecular flexibility index (Phi) is 13.0. The fourth-order valence-electron chi connectivity index (χ4n) is 3.49. The molecular formula is C20H33Cl2N3O3S. The summed E-state index contributed by atoms with van der Waals surface area (Å²) in [5.74, 6) is 6.73. The minimum absolute atomic E-state index is 0.266. The Morgan fingerprint density at radius 3 is 2.69 bits per heavy atom. The molecule has 1 rings (SSSR count). The number of esters is 1. The van der Waals surface area contributed by atoms with Gasteiger partial charge in [0, 0.05) is 11.8 Å². The molecule has 4 N–H and O–H groups in total. The van der Waals surface area contributed by atoms with E-state index in [4.69, 9.17) is 33.8 Å². The summed E-state index contributed by atoms with van der Waals surface area (Å²) in [7, 11) is 0. The van der Waals surface area contributed by atoms with Crippen molar-refractivity contribution in [1.82, 2.24) is 10.7 Å². The van der Waals surface area contributed by atoms with E-state index in [0.29, 0.717) is 31.0 Å². The number of ether oxygens (including phenoxy) is 1. The van der Waals surface area contributed by atoms with E-state index in [0.717, 1.165) is 18.6 Å². The summed E-state index contributed by atoms with van der Waals surface area (Å²) in [5.41, 5.74) is 3.56. The Morgan fingerprint density at radius 1 is 1.34 bits per heavy atom. The smallest absolute Gasteiger partial charge is 0.328 e. The molecule has 0 heterocycles. The number of hydrazine groups is 1. The highest BCUT2D eigenvalue weighted by Gasteiger charge is 2.35. The van der Waals surface area contributed by atoms with Crippen LogP contribution in [0.4, 0.5) is 0 Å². The van der Waals surface area contributed by atoms with Crippen molar-refractivity contribution in [3.8, 4) is 0 Å². The molecule has 166 valence electrons. The number of amides is 1. The molecule has 1 aliphatic rings. The van der Waals surface area contributed by atoms with Crippen molar-refractivity contribution in [1.29, 1.82) is 0 Å². The first-order chi connectivity index (χ1) is 13.9. The van der Waals surface area contributed by atoms with E-state index in [1.54, 1.807) is 18.7 Å². The first-order valence-corrected chi connectivity index (χ1v) is 12.3. The summed E-state index contributed by atoms with van der Waals surface area (Å²) in [4.78, 5) is 25.1. The number of nitrogens with one attached hydrogen (secondary N) is 2. The number of allylic oxidation sites excluding steroid dienone is 4. The number of halogens is 2. The highest BCUT2D eigenvalue weighted by Crippen LogP contribution is 2.40. The molecule has 0 aromatic carbocycles. The SMILES string of the molecule is CCOC(=O)[C@H](CCSC)NC(=O)[C@H](CC1(CCCl)C=CC=C(CCCl)C1)NN. The largest absolute Gasteiger partial charge is 0.464 e. The molecule has 0 aliphatic heterocycles. The van der Waals surface area contributed by atoms with Gasteiger partial charge in [-0.25, -0.2) is 10.2 Å². The van der Waals surface area contributed by atoms with Crippen LogP contribution in [0.3, 0.4) is 0 Å². The zero-order valence-electron chi connectivity index (χ0n) is 17.2. The molecule has 0 saturated heterocycles. The second kappa shape index (κ2) is 14.3. The molecule has 0 radical (unpaired) electrons. The van der Waals surface area contributed by atoms with Crippen molar-refractivity contribution >= 4 is 46.8 Å². The van der Waals surface area contributed by atoms with Crippen molar-refractivity contribution in [2.45, 2.75) is 51.1 Å². The minimum Gasteiger partial charge on any atom is -0.464 e. The zero-order chi connectivity index (χ0) is 21.7. The number of hydrogen-bond donors (Lipinski definition) is 3. The lowest BCUT2D eigenvalue weighted by Gasteiger charge is -2.36. The van der Waals surface area contributed by atoms with Crippen LogP contribution in [0.15, 0.2) is 23.8 Å². The summed E-state index contributed by atoms with van der Waals surface area (Å²) < 4.78 is 5.10. The van der Waals surface area contributed by atoms with Crippen LogP contribution in [0.1, 0.15) is 39.0 Å². The molecule has 1 unspecified atom stereocenters. The van der Waals surface area contributed by atoms with Gasteiger partial charge in [0.15, 0.2) is 0 Å². The van der Waals surface area contributed by atoms with Gasteiger partial charge in [0.2, 0.25) is 5.91 Å². The maximum Gasteiger partial charge on any atom is 0.328 e. The third-order valence-electron chi connectivity index (χ3n) is 5.00. The monoisotopic (exact) mass is 465 g/mol. The van der Waals surface area contributed by atoms with E-state index in [2.05, 4.69) is 22.9 Å². The molecular weight excluding hydrogens is 433 g/mol. The van der Waals surface area contributed by atoms with E-state index < -0.39 is 18.1 Å². The summed E-state index contributed by atoms with van der Waals surface area (Å²) in [5, 5.41) is 2.81. The summed E-state index contributed by atoms with van der Waals surface area (Å²) in [6, 6.07) is -1.35. The van der Waals surface area contributed by atoms with Crippen molar-refractivity contribution in [3.63, 3.8) is 0 Å². The fourth-order valence-corrected chi connectivity index (χ4v) is 4.58. The average Bonchev–Trinajstić information content (AvgIpc) is 2.70. The normalized spacial score (nSPS) is 20.7. The second-order valence-electron chi connectivity index (χ2n) is 7.12. The molecule has 0 bridgehead atoms. The number of alkyl halides is 2. The third-order valence-corrected chi connectivity index (χ3v) is 6.02. The quantitative estimate of drug-likeness (QED) is 0.158. The third kappa shape index (κ3) is 8.89. The van der Waals surface area contributed by atoms with Crippen LogP contribution in [0.5, 0.6) is 0 Å². The summed E-state index contributed by atoms with van der Waals surface area (Å²) >= 11 is 13.6.